The van der Waals surface area contributed by atoms with Gasteiger partial charge < -0.3 is 23.8 Å². The first-order chi connectivity index (χ1) is 3.77. The van der Waals surface area contributed by atoms with Crippen molar-refractivity contribution in [2.45, 2.75) is 38.8 Å². The molecule has 0 saturated heterocycles. The molecule has 0 atom stereocenters. The van der Waals surface area contributed by atoms with Crippen molar-refractivity contribution in [3.63, 3.8) is 0 Å². The molecular weight excluding hydrogens is 128 g/mol. The van der Waals surface area contributed by atoms with Crippen LogP contribution in [0.25, 0.3) is 0 Å². The summed E-state index contributed by atoms with van der Waals surface area (Å²) in [5.41, 5.74) is 10.6. The van der Waals surface area contributed by atoms with Crippen LogP contribution in [-0.2, 0) is 0 Å². The number of hydrogen-bond donors (Lipinski definition) is 4. The normalized spacial score (nSPS) is 8.40. The van der Waals surface area contributed by atoms with Crippen LogP contribution in [0.4, 0.5) is 0 Å². The van der Waals surface area contributed by atoms with E-state index < -0.39 is 0 Å². The molecule has 0 fully saturated rings. The highest BCUT2D eigenvalue weighted by Crippen LogP contribution is 1.97. The van der Waals surface area contributed by atoms with Crippen molar-refractivity contribution in [3.05, 3.63) is 0 Å². The van der Waals surface area contributed by atoms with E-state index >= 15 is 0 Å². The van der Waals surface area contributed by atoms with Gasteiger partial charge in [-0.1, -0.05) is 26.2 Å². The van der Waals surface area contributed by atoms with Gasteiger partial charge in [-0.2, -0.15) is 0 Å². The fraction of sp³-hybridized carbons (Fsp3) is 1.00. The van der Waals surface area contributed by atoms with E-state index in [9.17, 15) is 0 Å². The van der Waals surface area contributed by atoms with Gasteiger partial charge >= 0.3 is 0 Å². The first kappa shape index (κ1) is 16.4. The van der Waals surface area contributed by atoms with E-state index in [0.29, 0.717) is 0 Å². The second-order valence-corrected chi connectivity index (χ2v) is 2.16. The van der Waals surface area contributed by atoms with Gasteiger partial charge in [0.1, 0.15) is 0 Å². The van der Waals surface area contributed by atoms with Crippen LogP contribution >= 0.6 is 0 Å². The fourth-order valence-corrected chi connectivity index (χ4v) is 0.630. The molecule has 0 unspecified atom stereocenters. The summed E-state index contributed by atoms with van der Waals surface area (Å²) in [6, 6.07) is 0. The number of rotatable bonds is 4. The molecule has 10 N–H and O–H groups in total. The van der Waals surface area contributed by atoms with Gasteiger partial charge in [0, 0.05) is 0 Å². The summed E-state index contributed by atoms with van der Waals surface area (Å²) in [6.45, 7) is 2.17. The zero-order chi connectivity index (χ0) is 6.41. The molecule has 0 amide bonds. The first-order valence-corrected chi connectivity index (χ1v) is 3.28. The Balaban J connectivity index is -0.000000245. The zero-order valence-electron chi connectivity index (χ0n) is 6.97. The smallest absolute Gasteiger partial charge is 0.0520 e. The third-order valence-corrected chi connectivity index (χ3v) is 1.14. The van der Waals surface area contributed by atoms with Gasteiger partial charge in [0.25, 0.3) is 0 Å². The summed E-state index contributed by atoms with van der Waals surface area (Å²) in [7, 11) is 0. The van der Waals surface area contributed by atoms with Crippen LogP contribution in [0.1, 0.15) is 32.6 Å². The van der Waals surface area contributed by atoms with E-state index in [1.165, 1.54) is 19.3 Å². The van der Waals surface area contributed by atoms with Gasteiger partial charge in [-0.05, 0) is 6.42 Å². The molecule has 4 heteroatoms. The molecule has 0 aromatic heterocycles. The van der Waals surface area contributed by atoms with Crippen molar-refractivity contribution in [2.24, 2.45) is 11.5 Å². The topological polar surface area (TPSA) is 122 Å². The zero-order valence-corrected chi connectivity index (χ0v) is 6.97. The van der Waals surface area contributed by atoms with Crippen LogP contribution in [0.5, 0.6) is 0 Å². The summed E-state index contributed by atoms with van der Waals surface area (Å²) < 4.78 is 0. The molecule has 0 aliphatic rings. The molecule has 0 radical (unpaired) electrons. The van der Waals surface area contributed by atoms with Crippen LogP contribution in [-0.4, -0.2) is 6.17 Å². The van der Waals surface area contributed by atoms with Crippen LogP contribution < -0.4 is 23.8 Å². The van der Waals surface area contributed by atoms with E-state index in [-0.39, 0.29) is 18.5 Å². The van der Waals surface area contributed by atoms with Gasteiger partial charge in [-0.15, -0.1) is 0 Å². The molecule has 0 bridgehead atoms. The third kappa shape index (κ3) is 15.7. The Kier molecular flexibility index (Phi) is 19.1. The monoisotopic (exact) mass is 150 g/mol. The maximum atomic E-state index is 5.31. The lowest BCUT2D eigenvalue weighted by atomic mass is 10.2. The Morgan fingerprint density at radius 2 is 1.60 bits per heavy atom. The number of hydrogen-bond acceptors (Lipinski definition) is 4. The molecule has 0 spiro atoms. The van der Waals surface area contributed by atoms with Crippen molar-refractivity contribution in [3.8, 4) is 0 Å². The Morgan fingerprint density at radius 1 is 1.10 bits per heavy atom. The molecule has 10 heavy (non-hydrogen) atoms. The number of nitrogens with two attached hydrogens (primary N) is 2. The summed E-state index contributed by atoms with van der Waals surface area (Å²) in [6.07, 6.45) is 4.54. The Bertz CT molecular complexity index is 47.0. The van der Waals surface area contributed by atoms with Crippen LogP contribution in [0.2, 0.25) is 0 Å². The lowest BCUT2D eigenvalue weighted by Gasteiger charge is -2.01. The first-order valence-electron chi connectivity index (χ1n) is 3.28. The summed E-state index contributed by atoms with van der Waals surface area (Å²) in [4.78, 5) is 0. The van der Waals surface area contributed by atoms with E-state index in [0.717, 1.165) is 6.42 Å². The fourth-order valence-electron chi connectivity index (χ4n) is 0.630. The second-order valence-electron chi connectivity index (χ2n) is 2.16. The summed E-state index contributed by atoms with van der Waals surface area (Å²) in [5.74, 6) is 0. The largest absolute Gasteiger partial charge is 0.344 e. The van der Waals surface area contributed by atoms with Crippen LogP contribution in [0.15, 0.2) is 0 Å². The van der Waals surface area contributed by atoms with E-state index in [1.807, 2.05) is 0 Å². The van der Waals surface area contributed by atoms with Gasteiger partial charge in [0.05, 0.1) is 6.17 Å². The highest BCUT2D eigenvalue weighted by molar-refractivity contribution is 4.49. The van der Waals surface area contributed by atoms with Gasteiger partial charge in [-0.3, -0.25) is 0 Å². The average molecular weight is 150 g/mol. The quantitative estimate of drug-likeness (QED) is 0.354. The SMILES string of the molecule is CCCCCC(N)N.N.N. The van der Waals surface area contributed by atoms with Crippen molar-refractivity contribution in [2.75, 3.05) is 0 Å². The lowest BCUT2D eigenvalue weighted by molar-refractivity contribution is 0.575. The van der Waals surface area contributed by atoms with Crippen LogP contribution in [0.3, 0.4) is 0 Å². The van der Waals surface area contributed by atoms with Gasteiger partial charge in [0.15, 0.2) is 0 Å². The predicted octanol–water partition coefficient (Wildman–Crippen LogP) is 1.13. The van der Waals surface area contributed by atoms with Crippen molar-refractivity contribution < 1.29 is 0 Å². The second kappa shape index (κ2) is 11.6. The minimum absolute atomic E-state index is 0. The average Bonchev–Trinajstić information content (AvgIpc) is 1.66. The molecule has 0 heterocycles. The van der Waals surface area contributed by atoms with Gasteiger partial charge in [0.2, 0.25) is 0 Å². The third-order valence-electron chi connectivity index (χ3n) is 1.14. The lowest BCUT2D eigenvalue weighted by Crippen LogP contribution is -2.29. The molecule has 0 aliphatic heterocycles. The molecule has 0 aromatic carbocycles. The minimum Gasteiger partial charge on any atom is -0.344 e. The molecule has 0 rings (SSSR count). The van der Waals surface area contributed by atoms with Crippen LogP contribution in [0, 0.1) is 0 Å². The molecular formula is C6H22N4. The standard InChI is InChI=1S/C6H16N2.2H3N/c1-2-3-4-5-6(7)8;;/h6H,2-5,7-8H2,1H3;2*1H3. The van der Waals surface area contributed by atoms with Crippen molar-refractivity contribution in [1.29, 1.82) is 0 Å². The van der Waals surface area contributed by atoms with Crippen molar-refractivity contribution >= 4 is 0 Å². The van der Waals surface area contributed by atoms with Crippen molar-refractivity contribution in [1.82, 2.24) is 12.3 Å². The Morgan fingerprint density at radius 3 is 1.90 bits per heavy atom. The number of unbranched alkanes of at least 4 members (excludes halogenated alkanes) is 2. The van der Waals surface area contributed by atoms with E-state index in [4.69, 9.17) is 11.5 Å². The molecule has 66 valence electrons. The maximum absolute atomic E-state index is 5.31. The molecule has 0 saturated carbocycles. The molecule has 0 aliphatic carbocycles. The highest BCUT2D eigenvalue weighted by atomic mass is 14.8. The highest BCUT2D eigenvalue weighted by Gasteiger charge is 1.90. The summed E-state index contributed by atoms with van der Waals surface area (Å²) >= 11 is 0. The minimum atomic E-state index is -0.0958. The molecule has 0 aromatic rings. The Labute approximate surface area is 63.5 Å². The molecule has 4 nitrogen and oxygen atoms in total. The van der Waals surface area contributed by atoms with E-state index in [1.54, 1.807) is 0 Å². The van der Waals surface area contributed by atoms with Gasteiger partial charge in [-0.25, -0.2) is 0 Å². The van der Waals surface area contributed by atoms with E-state index in [2.05, 4.69) is 6.92 Å². The predicted molar refractivity (Wildman–Crippen MR) is 46.3 cm³/mol. The summed E-state index contributed by atoms with van der Waals surface area (Å²) in [5, 5.41) is 0. The maximum Gasteiger partial charge on any atom is 0.0520 e. The Hall–Kier alpha value is -0.160.